The quantitative estimate of drug-likeness (QED) is 0.395. The molecule has 2 rings (SSSR count). The summed E-state index contributed by atoms with van der Waals surface area (Å²) in [5, 5.41) is 0. The number of aromatic amines is 1. The smallest absolute Gasteiger partial charge is 0.0726 e. The molecule has 0 aliphatic carbocycles. The van der Waals surface area contributed by atoms with Crippen molar-refractivity contribution in [1.82, 2.24) is 4.98 Å². The molecule has 0 aromatic carbocycles. The van der Waals surface area contributed by atoms with E-state index in [0.29, 0.717) is 0 Å². The standard InChI is InChI=1S/C18H28BrNS/c1-2-3-4-5-6-7-8-9-10-11-12-15-13-17-16(20-15)14-18(19)21-17/h13-14,20H,2-12H2,1H3. The number of fused-ring (bicyclic) bond motifs is 1. The van der Waals surface area contributed by atoms with Crippen molar-refractivity contribution < 1.29 is 0 Å². The Hall–Kier alpha value is -0.280. The van der Waals surface area contributed by atoms with Gasteiger partial charge in [-0.25, -0.2) is 0 Å². The van der Waals surface area contributed by atoms with Gasteiger partial charge in [0, 0.05) is 5.69 Å². The van der Waals surface area contributed by atoms with Gasteiger partial charge in [-0.15, -0.1) is 11.3 Å². The molecule has 0 fully saturated rings. The summed E-state index contributed by atoms with van der Waals surface area (Å²) in [5.41, 5.74) is 2.69. The summed E-state index contributed by atoms with van der Waals surface area (Å²) in [6, 6.07) is 4.50. The molecule has 0 unspecified atom stereocenters. The van der Waals surface area contributed by atoms with Gasteiger partial charge in [0.2, 0.25) is 0 Å². The van der Waals surface area contributed by atoms with E-state index >= 15 is 0 Å². The zero-order chi connectivity index (χ0) is 14.9. The second-order valence-electron chi connectivity index (χ2n) is 6.05. The number of unbranched alkanes of at least 4 members (excludes halogenated alkanes) is 9. The van der Waals surface area contributed by atoms with E-state index in [1.54, 1.807) is 0 Å². The second-order valence-corrected chi connectivity index (χ2v) is 8.52. The van der Waals surface area contributed by atoms with E-state index < -0.39 is 0 Å². The maximum absolute atomic E-state index is 3.53. The third-order valence-electron chi connectivity index (χ3n) is 4.13. The van der Waals surface area contributed by atoms with Crippen LogP contribution in [0.15, 0.2) is 15.9 Å². The molecule has 1 nitrogen and oxygen atoms in total. The van der Waals surface area contributed by atoms with Gasteiger partial charge in [-0.2, -0.15) is 0 Å². The van der Waals surface area contributed by atoms with Gasteiger partial charge in [0.15, 0.2) is 0 Å². The highest BCUT2D eigenvalue weighted by Crippen LogP contribution is 2.30. The molecule has 2 aromatic rings. The van der Waals surface area contributed by atoms with Crippen molar-refractivity contribution in [2.75, 3.05) is 0 Å². The highest BCUT2D eigenvalue weighted by Gasteiger charge is 2.04. The minimum absolute atomic E-state index is 1.20. The fourth-order valence-electron chi connectivity index (χ4n) is 2.88. The Morgan fingerprint density at radius 2 is 1.52 bits per heavy atom. The first-order valence-corrected chi connectivity index (χ1v) is 10.2. The molecular formula is C18H28BrNS. The van der Waals surface area contributed by atoms with Gasteiger partial charge in [-0.1, -0.05) is 64.7 Å². The van der Waals surface area contributed by atoms with Crippen molar-refractivity contribution in [1.29, 1.82) is 0 Å². The van der Waals surface area contributed by atoms with Gasteiger partial charge >= 0.3 is 0 Å². The predicted octanol–water partition coefficient (Wildman–Crippen LogP) is 7.46. The molecule has 0 spiro atoms. The van der Waals surface area contributed by atoms with Crippen LogP contribution in [0.1, 0.15) is 76.8 Å². The average Bonchev–Trinajstić information content (AvgIpc) is 2.97. The molecule has 0 saturated carbocycles. The van der Waals surface area contributed by atoms with Crippen LogP contribution >= 0.6 is 27.3 Å². The maximum atomic E-state index is 3.53. The van der Waals surface area contributed by atoms with Crippen LogP contribution < -0.4 is 0 Å². The van der Waals surface area contributed by atoms with Crippen molar-refractivity contribution in [2.24, 2.45) is 0 Å². The summed E-state index contributed by atoms with van der Waals surface area (Å²) in [5.74, 6) is 0. The van der Waals surface area contributed by atoms with Gasteiger partial charge in [0.1, 0.15) is 0 Å². The lowest BCUT2D eigenvalue weighted by Gasteiger charge is -2.02. The monoisotopic (exact) mass is 369 g/mol. The topological polar surface area (TPSA) is 15.8 Å². The van der Waals surface area contributed by atoms with Crippen LogP contribution in [0, 0.1) is 0 Å². The number of thiophene rings is 1. The number of aryl methyl sites for hydroxylation is 1. The van der Waals surface area contributed by atoms with Gasteiger partial charge in [-0.3, -0.25) is 0 Å². The van der Waals surface area contributed by atoms with Crippen LogP contribution in [0.2, 0.25) is 0 Å². The number of H-pyrrole nitrogens is 1. The number of aromatic nitrogens is 1. The molecule has 0 saturated heterocycles. The Kier molecular flexibility index (Phi) is 7.87. The minimum Gasteiger partial charge on any atom is -0.358 e. The van der Waals surface area contributed by atoms with Crippen LogP contribution in [-0.2, 0) is 6.42 Å². The summed E-state index contributed by atoms with van der Waals surface area (Å²) in [6.45, 7) is 2.28. The maximum Gasteiger partial charge on any atom is 0.0726 e. The third kappa shape index (κ3) is 6.15. The average molecular weight is 370 g/mol. The molecule has 21 heavy (non-hydrogen) atoms. The van der Waals surface area contributed by atoms with Gasteiger partial charge < -0.3 is 4.98 Å². The number of rotatable bonds is 11. The predicted molar refractivity (Wildman–Crippen MR) is 99.4 cm³/mol. The van der Waals surface area contributed by atoms with E-state index in [1.807, 2.05) is 11.3 Å². The summed E-state index contributed by atoms with van der Waals surface area (Å²) < 4.78 is 2.60. The van der Waals surface area contributed by atoms with Gasteiger partial charge in [-0.05, 0) is 40.9 Å². The van der Waals surface area contributed by atoms with E-state index in [4.69, 9.17) is 0 Å². The summed E-state index contributed by atoms with van der Waals surface area (Å²) in [4.78, 5) is 3.53. The lowest BCUT2D eigenvalue weighted by molar-refractivity contribution is 0.555. The van der Waals surface area contributed by atoms with E-state index in [9.17, 15) is 0 Å². The Morgan fingerprint density at radius 1 is 0.905 bits per heavy atom. The number of halogens is 1. The van der Waals surface area contributed by atoms with Gasteiger partial charge in [0.05, 0.1) is 14.0 Å². The number of nitrogens with one attached hydrogen (secondary N) is 1. The zero-order valence-electron chi connectivity index (χ0n) is 13.2. The van der Waals surface area contributed by atoms with Crippen molar-refractivity contribution in [2.45, 2.75) is 77.6 Å². The molecule has 0 radical (unpaired) electrons. The molecule has 0 aliphatic rings. The molecule has 0 amide bonds. The Morgan fingerprint density at radius 3 is 2.14 bits per heavy atom. The Balaban J connectivity index is 1.49. The molecule has 2 heterocycles. The number of hydrogen-bond acceptors (Lipinski definition) is 1. The van der Waals surface area contributed by atoms with Crippen molar-refractivity contribution >= 4 is 37.5 Å². The fourth-order valence-corrected chi connectivity index (χ4v) is 4.44. The second kappa shape index (κ2) is 9.68. The lowest BCUT2D eigenvalue weighted by Crippen LogP contribution is -1.86. The molecule has 0 bridgehead atoms. The van der Waals surface area contributed by atoms with Crippen molar-refractivity contribution in [3.05, 3.63) is 21.6 Å². The molecule has 1 N–H and O–H groups in total. The molecule has 0 atom stereocenters. The minimum atomic E-state index is 1.20. The van der Waals surface area contributed by atoms with Crippen LogP contribution in [0.4, 0.5) is 0 Å². The van der Waals surface area contributed by atoms with Crippen LogP contribution in [0.5, 0.6) is 0 Å². The third-order valence-corrected chi connectivity index (χ3v) is 5.72. The highest BCUT2D eigenvalue weighted by atomic mass is 79.9. The SMILES string of the molecule is CCCCCCCCCCCCc1cc2sc(Br)cc2[nH]1. The van der Waals surface area contributed by atoms with Crippen LogP contribution in [0.3, 0.4) is 0 Å². The first-order chi connectivity index (χ1) is 10.3. The normalized spacial score (nSPS) is 11.5. The summed E-state index contributed by atoms with van der Waals surface area (Å²) in [6.07, 6.45) is 15.3. The molecular weight excluding hydrogens is 342 g/mol. The molecule has 2 aromatic heterocycles. The van der Waals surface area contributed by atoms with E-state index in [1.165, 1.54) is 90.3 Å². The zero-order valence-corrected chi connectivity index (χ0v) is 15.6. The van der Waals surface area contributed by atoms with E-state index in [2.05, 4.69) is 40.0 Å². The van der Waals surface area contributed by atoms with Gasteiger partial charge in [0.25, 0.3) is 0 Å². The van der Waals surface area contributed by atoms with Crippen molar-refractivity contribution in [3.63, 3.8) is 0 Å². The fraction of sp³-hybridized carbons (Fsp3) is 0.667. The lowest BCUT2D eigenvalue weighted by atomic mass is 10.1. The summed E-state index contributed by atoms with van der Waals surface area (Å²) >= 11 is 5.35. The number of hydrogen-bond donors (Lipinski definition) is 1. The van der Waals surface area contributed by atoms with E-state index in [0.717, 1.165) is 0 Å². The Labute approximate surface area is 141 Å². The molecule has 118 valence electrons. The van der Waals surface area contributed by atoms with Crippen LogP contribution in [-0.4, -0.2) is 4.98 Å². The highest BCUT2D eigenvalue weighted by molar-refractivity contribution is 9.11. The first kappa shape index (κ1) is 17.1. The summed E-state index contributed by atoms with van der Waals surface area (Å²) in [7, 11) is 0. The first-order valence-electron chi connectivity index (χ1n) is 8.56. The van der Waals surface area contributed by atoms with Crippen molar-refractivity contribution in [3.8, 4) is 0 Å². The largest absolute Gasteiger partial charge is 0.358 e. The Bertz CT molecular complexity index is 483. The molecule has 3 heteroatoms. The van der Waals surface area contributed by atoms with E-state index in [-0.39, 0.29) is 0 Å². The molecule has 0 aliphatic heterocycles. The van der Waals surface area contributed by atoms with Crippen LogP contribution in [0.25, 0.3) is 10.2 Å².